The Labute approximate surface area is 103 Å². The molecule has 0 aliphatic carbocycles. The van der Waals surface area contributed by atoms with Gasteiger partial charge in [-0.25, -0.2) is 4.39 Å². The summed E-state index contributed by atoms with van der Waals surface area (Å²) in [6, 6.07) is 2.26. The third-order valence-electron chi connectivity index (χ3n) is 2.03. The van der Waals surface area contributed by atoms with Gasteiger partial charge in [-0.2, -0.15) is 0 Å². The highest BCUT2D eigenvalue weighted by Crippen LogP contribution is 2.33. The number of benzene rings is 1. The van der Waals surface area contributed by atoms with Crippen LogP contribution in [0, 0.1) is 5.82 Å². The monoisotopic (exact) mass is 303 g/mol. The molecule has 0 saturated carbocycles. The lowest BCUT2D eigenvalue weighted by Gasteiger charge is -2.06. The second-order valence-corrected chi connectivity index (χ2v) is 4.38. The average Bonchev–Trinajstić information content (AvgIpc) is 2.43. The van der Waals surface area contributed by atoms with E-state index in [4.69, 9.17) is 11.6 Å². The molecule has 1 aliphatic rings. The average molecular weight is 305 g/mol. The van der Waals surface area contributed by atoms with Crippen molar-refractivity contribution in [1.29, 1.82) is 0 Å². The van der Waals surface area contributed by atoms with Crippen LogP contribution in [0.2, 0.25) is 5.02 Å². The molecule has 0 atom stereocenters. The van der Waals surface area contributed by atoms with Crippen LogP contribution in [0.4, 0.5) is 4.39 Å². The molecular weight excluding hydrogens is 300 g/mol. The fourth-order valence-corrected chi connectivity index (χ4v) is 2.46. The van der Waals surface area contributed by atoms with E-state index in [9.17, 15) is 14.0 Å². The predicted octanol–water partition coefficient (Wildman–Crippen LogP) is 2.28. The number of imide groups is 1. The zero-order valence-corrected chi connectivity index (χ0v) is 10.0. The number of carbonyl (C=O) groups is 2. The van der Waals surface area contributed by atoms with Gasteiger partial charge in [-0.05, 0) is 28.1 Å². The molecule has 0 bridgehead atoms. The van der Waals surface area contributed by atoms with Crippen LogP contribution in [-0.2, 0) is 9.59 Å². The standard InChI is InChI=1S/C10H4BrClFNO2/c11-6-1-4(13)2-7(12)9(6)5-3-8(15)14-10(5)16/h1-3H,(H,14,15,16). The second kappa shape index (κ2) is 3.99. The number of carbonyl (C=O) groups excluding carboxylic acids is 2. The van der Waals surface area contributed by atoms with E-state index in [1.54, 1.807) is 0 Å². The minimum atomic E-state index is -0.542. The molecule has 6 heteroatoms. The second-order valence-electron chi connectivity index (χ2n) is 3.12. The van der Waals surface area contributed by atoms with Crippen molar-refractivity contribution in [3.05, 3.63) is 39.1 Å². The van der Waals surface area contributed by atoms with Crippen LogP contribution in [0.5, 0.6) is 0 Å². The summed E-state index contributed by atoms with van der Waals surface area (Å²) in [5, 5.41) is 2.16. The van der Waals surface area contributed by atoms with Gasteiger partial charge in [0.2, 0.25) is 0 Å². The number of amides is 2. The quantitative estimate of drug-likeness (QED) is 0.809. The molecule has 0 saturated heterocycles. The van der Waals surface area contributed by atoms with Crippen molar-refractivity contribution >= 4 is 44.9 Å². The Kier molecular flexibility index (Phi) is 2.82. The predicted molar refractivity (Wildman–Crippen MR) is 60.2 cm³/mol. The summed E-state index contributed by atoms with van der Waals surface area (Å²) in [7, 11) is 0. The van der Waals surface area contributed by atoms with Crippen molar-refractivity contribution in [2.24, 2.45) is 0 Å². The van der Waals surface area contributed by atoms with E-state index >= 15 is 0 Å². The van der Waals surface area contributed by atoms with Crippen LogP contribution >= 0.6 is 27.5 Å². The highest BCUT2D eigenvalue weighted by atomic mass is 79.9. The van der Waals surface area contributed by atoms with E-state index in [2.05, 4.69) is 21.2 Å². The molecule has 0 fully saturated rings. The fraction of sp³-hybridized carbons (Fsp3) is 0. The molecule has 0 unspecified atom stereocenters. The first-order chi connectivity index (χ1) is 7.49. The highest BCUT2D eigenvalue weighted by Gasteiger charge is 2.25. The molecular formula is C10H4BrClFNO2. The van der Waals surface area contributed by atoms with Crippen molar-refractivity contribution in [2.75, 3.05) is 0 Å². The summed E-state index contributed by atoms with van der Waals surface area (Å²) in [6.07, 6.45) is 1.13. The third kappa shape index (κ3) is 1.88. The molecule has 16 heavy (non-hydrogen) atoms. The maximum absolute atomic E-state index is 13.0. The molecule has 82 valence electrons. The largest absolute Gasteiger partial charge is 0.289 e. The lowest BCUT2D eigenvalue weighted by atomic mass is 10.1. The van der Waals surface area contributed by atoms with Gasteiger partial charge in [0.25, 0.3) is 11.8 Å². The molecule has 1 aromatic carbocycles. The summed E-state index contributed by atoms with van der Waals surface area (Å²) in [5.74, 6) is -1.57. The summed E-state index contributed by atoms with van der Waals surface area (Å²) in [4.78, 5) is 22.4. The van der Waals surface area contributed by atoms with Crippen molar-refractivity contribution in [2.45, 2.75) is 0 Å². The van der Waals surface area contributed by atoms with E-state index in [0.29, 0.717) is 10.0 Å². The van der Waals surface area contributed by atoms with Crippen molar-refractivity contribution < 1.29 is 14.0 Å². The number of nitrogens with one attached hydrogen (secondary N) is 1. The van der Waals surface area contributed by atoms with Gasteiger partial charge < -0.3 is 0 Å². The first-order valence-electron chi connectivity index (χ1n) is 4.21. The summed E-state index contributed by atoms with van der Waals surface area (Å²) < 4.78 is 13.3. The lowest BCUT2D eigenvalue weighted by Crippen LogP contribution is -2.21. The molecule has 0 radical (unpaired) electrons. The van der Waals surface area contributed by atoms with E-state index in [-0.39, 0.29) is 10.6 Å². The normalized spacial score (nSPS) is 15.1. The maximum Gasteiger partial charge on any atom is 0.258 e. The first-order valence-corrected chi connectivity index (χ1v) is 5.38. The lowest BCUT2D eigenvalue weighted by molar-refractivity contribution is -0.123. The van der Waals surface area contributed by atoms with Gasteiger partial charge in [-0.1, -0.05) is 11.6 Å². The van der Waals surface area contributed by atoms with Gasteiger partial charge in [0.05, 0.1) is 10.6 Å². The summed E-state index contributed by atoms with van der Waals surface area (Å²) in [5.41, 5.74) is 0.438. The van der Waals surface area contributed by atoms with Gasteiger partial charge in [-0.3, -0.25) is 14.9 Å². The van der Waals surface area contributed by atoms with E-state index < -0.39 is 17.6 Å². The van der Waals surface area contributed by atoms with Crippen molar-refractivity contribution in [3.63, 3.8) is 0 Å². The maximum atomic E-state index is 13.0. The van der Waals surface area contributed by atoms with Gasteiger partial charge >= 0.3 is 0 Å². The van der Waals surface area contributed by atoms with Gasteiger partial charge in [0, 0.05) is 16.1 Å². The van der Waals surface area contributed by atoms with Gasteiger partial charge in [0.1, 0.15) is 5.82 Å². The van der Waals surface area contributed by atoms with E-state index in [1.807, 2.05) is 0 Å². The van der Waals surface area contributed by atoms with Crippen LogP contribution < -0.4 is 5.32 Å². The summed E-state index contributed by atoms with van der Waals surface area (Å²) >= 11 is 8.92. The molecule has 3 nitrogen and oxygen atoms in total. The SMILES string of the molecule is O=C1C=C(c2c(Cl)cc(F)cc2Br)C(=O)N1. The number of rotatable bonds is 1. The highest BCUT2D eigenvalue weighted by molar-refractivity contribution is 9.10. The molecule has 0 spiro atoms. The molecule has 2 amide bonds. The van der Waals surface area contributed by atoms with Crippen molar-refractivity contribution in [3.8, 4) is 0 Å². The van der Waals surface area contributed by atoms with E-state index in [0.717, 1.165) is 12.1 Å². The van der Waals surface area contributed by atoms with Crippen LogP contribution in [0.15, 0.2) is 22.7 Å². The summed E-state index contributed by atoms with van der Waals surface area (Å²) in [6.45, 7) is 0. The third-order valence-corrected chi connectivity index (χ3v) is 2.96. The molecule has 1 aromatic rings. The fourth-order valence-electron chi connectivity index (χ4n) is 1.40. The molecule has 0 aromatic heterocycles. The molecule has 1 heterocycles. The molecule has 1 aliphatic heterocycles. The van der Waals surface area contributed by atoms with Crippen molar-refractivity contribution in [1.82, 2.24) is 5.32 Å². The zero-order chi connectivity index (χ0) is 11.9. The van der Waals surface area contributed by atoms with E-state index in [1.165, 1.54) is 6.07 Å². The Hall–Kier alpha value is -1.20. The van der Waals surface area contributed by atoms with Crippen LogP contribution in [0.1, 0.15) is 5.56 Å². The smallest absolute Gasteiger partial charge is 0.258 e. The topological polar surface area (TPSA) is 46.2 Å². The Morgan fingerprint density at radius 3 is 2.50 bits per heavy atom. The Morgan fingerprint density at radius 2 is 2.00 bits per heavy atom. The Morgan fingerprint density at radius 1 is 1.31 bits per heavy atom. The number of hydrogen-bond acceptors (Lipinski definition) is 2. The minimum absolute atomic E-state index is 0.0722. The number of halogens is 3. The molecule has 1 N–H and O–H groups in total. The van der Waals surface area contributed by atoms with Crippen LogP contribution in [0.3, 0.4) is 0 Å². The first kappa shape index (κ1) is 11.3. The van der Waals surface area contributed by atoms with Crippen LogP contribution in [0.25, 0.3) is 5.57 Å². The van der Waals surface area contributed by atoms with Crippen LogP contribution in [-0.4, -0.2) is 11.8 Å². The van der Waals surface area contributed by atoms with Gasteiger partial charge in [0.15, 0.2) is 0 Å². The minimum Gasteiger partial charge on any atom is -0.289 e. The molecule has 2 rings (SSSR count). The Bertz CT molecular complexity index is 519. The Balaban J connectivity index is 2.61. The number of hydrogen-bond donors (Lipinski definition) is 1. The zero-order valence-electron chi connectivity index (χ0n) is 7.68. The van der Waals surface area contributed by atoms with Gasteiger partial charge in [-0.15, -0.1) is 0 Å².